The number of rotatable bonds is 5. The molecule has 0 fully saturated rings. The molecule has 0 bridgehead atoms. The van der Waals surface area contributed by atoms with E-state index in [1.54, 1.807) is 12.1 Å². The van der Waals surface area contributed by atoms with Crippen molar-refractivity contribution in [3.8, 4) is 11.3 Å². The van der Waals surface area contributed by atoms with Crippen LogP contribution in [0.4, 0.5) is 0 Å². The Hall–Kier alpha value is -2.50. The third-order valence-corrected chi connectivity index (χ3v) is 7.80. The van der Waals surface area contributed by atoms with Gasteiger partial charge in [0.25, 0.3) is 0 Å². The molecule has 3 nitrogen and oxygen atoms in total. The van der Waals surface area contributed by atoms with Gasteiger partial charge in [-0.3, -0.25) is 0 Å². The van der Waals surface area contributed by atoms with Crippen LogP contribution in [0.2, 0.25) is 0 Å². The molecule has 0 aliphatic heterocycles. The quantitative estimate of drug-likeness (QED) is 0.388. The summed E-state index contributed by atoms with van der Waals surface area (Å²) in [7, 11) is -2.44. The van der Waals surface area contributed by atoms with Gasteiger partial charge in [-0.1, -0.05) is 54.1 Å². The number of benzene rings is 3. The average molecular weight is 395 g/mol. The van der Waals surface area contributed by atoms with E-state index >= 15 is 0 Å². The maximum Gasteiger partial charge on any atom is 0.230 e. The van der Waals surface area contributed by atoms with E-state index in [0.29, 0.717) is 10.6 Å². The predicted octanol–water partition coefficient (Wildman–Crippen LogP) is 6.03. The van der Waals surface area contributed by atoms with Gasteiger partial charge >= 0.3 is 0 Å². The Morgan fingerprint density at radius 2 is 1.67 bits per heavy atom. The Morgan fingerprint density at radius 3 is 2.44 bits per heavy atom. The van der Waals surface area contributed by atoms with Crippen LogP contribution in [-0.2, 0) is 14.6 Å². The Labute approximate surface area is 162 Å². The van der Waals surface area contributed by atoms with E-state index in [-0.39, 0.29) is 0 Å². The van der Waals surface area contributed by atoms with Gasteiger partial charge in [-0.15, -0.1) is 0 Å². The highest BCUT2D eigenvalue weighted by atomic mass is 33.1. The number of fused-ring (bicyclic) bond motifs is 1. The molecule has 5 heteroatoms. The summed E-state index contributed by atoms with van der Waals surface area (Å²) < 4.78 is 31.0. The first-order valence-electron chi connectivity index (χ1n) is 8.55. The number of hydrogen-bond donors (Lipinski definition) is 0. The van der Waals surface area contributed by atoms with Gasteiger partial charge in [0.1, 0.15) is 11.3 Å². The second-order valence-corrected chi connectivity index (χ2v) is 10.3. The van der Waals surface area contributed by atoms with Crippen LogP contribution in [0.1, 0.15) is 11.1 Å². The monoisotopic (exact) mass is 394 g/mol. The van der Waals surface area contributed by atoms with Crippen molar-refractivity contribution < 1.29 is 12.8 Å². The fraction of sp³-hybridized carbons (Fsp3) is 0.0909. The molecule has 1 aromatic heterocycles. The molecule has 27 heavy (non-hydrogen) atoms. The van der Waals surface area contributed by atoms with Gasteiger partial charge < -0.3 is 4.42 Å². The lowest BCUT2D eigenvalue weighted by atomic mass is 10.1. The van der Waals surface area contributed by atoms with Gasteiger partial charge in [-0.25, -0.2) is 8.42 Å². The molecular weight excluding hydrogens is 376 g/mol. The maximum absolute atomic E-state index is 12.5. The van der Waals surface area contributed by atoms with Crippen molar-refractivity contribution in [1.29, 1.82) is 0 Å². The highest BCUT2D eigenvalue weighted by Crippen LogP contribution is 2.31. The first-order chi connectivity index (χ1) is 13.0. The van der Waals surface area contributed by atoms with Gasteiger partial charge in [0.15, 0.2) is 0 Å². The Balaban J connectivity index is 1.55. The highest BCUT2D eigenvalue weighted by molar-refractivity contribution is 8.71. The molecule has 0 aliphatic rings. The molecule has 0 spiro atoms. The molecule has 3 aromatic carbocycles. The minimum Gasteiger partial charge on any atom is -0.456 e. The third-order valence-electron chi connectivity index (χ3n) is 4.33. The van der Waals surface area contributed by atoms with Crippen LogP contribution in [-0.4, -0.2) is 8.42 Å². The summed E-state index contributed by atoms with van der Waals surface area (Å²) >= 11 is 0. The summed E-state index contributed by atoms with van der Waals surface area (Å²) in [6.45, 7) is 1.94. The summed E-state index contributed by atoms with van der Waals surface area (Å²) in [5, 5.41) is 1.05. The SMILES string of the molecule is Cc1ccc(S(=O)(=O)SCc2cccc(-c3cc4ccccc4o3)c2)cc1. The summed E-state index contributed by atoms with van der Waals surface area (Å²) in [6, 6.07) is 24.6. The number of hydrogen-bond acceptors (Lipinski definition) is 4. The lowest BCUT2D eigenvalue weighted by molar-refractivity contribution is 0.610. The van der Waals surface area contributed by atoms with Crippen molar-refractivity contribution in [2.75, 3.05) is 0 Å². The lowest BCUT2D eigenvalue weighted by Crippen LogP contribution is -1.96. The van der Waals surface area contributed by atoms with Crippen molar-refractivity contribution >= 4 is 30.6 Å². The fourth-order valence-electron chi connectivity index (χ4n) is 2.86. The van der Waals surface area contributed by atoms with Crippen molar-refractivity contribution in [2.24, 2.45) is 0 Å². The molecule has 0 unspecified atom stereocenters. The Bertz CT molecular complexity index is 1160. The highest BCUT2D eigenvalue weighted by Gasteiger charge is 2.15. The fourth-order valence-corrected chi connectivity index (χ4v) is 5.55. The first-order valence-corrected chi connectivity index (χ1v) is 11.5. The van der Waals surface area contributed by atoms with E-state index in [1.807, 2.05) is 73.7 Å². The molecule has 136 valence electrons. The number of furan rings is 1. The summed E-state index contributed by atoms with van der Waals surface area (Å²) in [6.07, 6.45) is 0. The molecule has 0 saturated carbocycles. The molecular formula is C22H18O3S2. The van der Waals surface area contributed by atoms with Crippen LogP contribution < -0.4 is 0 Å². The van der Waals surface area contributed by atoms with Crippen molar-refractivity contribution in [1.82, 2.24) is 0 Å². The van der Waals surface area contributed by atoms with E-state index < -0.39 is 8.87 Å². The van der Waals surface area contributed by atoms with E-state index in [1.165, 1.54) is 0 Å². The van der Waals surface area contributed by atoms with E-state index in [4.69, 9.17) is 4.42 Å². The van der Waals surface area contributed by atoms with Gasteiger partial charge in [0, 0.05) is 16.7 Å². The van der Waals surface area contributed by atoms with Crippen molar-refractivity contribution in [3.63, 3.8) is 0 Å². The van der Waals surface area contributed by atoms with Crippen LogP contribution in [0.5, 0.6) is 0 Å². The second-order valence-electron chi connectivity index (χ2n) is 6.38. The second kappa shape index (κ2) is 7.25. The van der Waals surface area contributed by atoms with Crippen molar-refractivity contribution in [3.05, 3.63) is 90.0 Å². The Kier molecular flexibility index (Phi) is 4.81. The van der Waals surface area contributed by atoms with Gasteiger partial charge in [-0.2, -0.15) is 0 Å². The molecule has 0 atom stereocenters. The average Bonchev–Trinajstić information content (AvgIpc) is 3.11. The molecule has 0 saturated heterocycles. The van der Waals surface area contributed by atoms with Crippen LogP contribution in [0.25, 0.3) is 22.3 Å². The molecule has 0 aliphatic carbocycles. The minimum absolute atomic E-state index is 0.339. The largest absolute Gasteiger partial charge is 0.456 e. The minimum atomic E-state index is -3.38. The lowest BCUT2D eigenvalue weighted by Gasteiger charge is -2.06. The van der Waals surface area contributed by atoms with Gasteiger partial charge in [0.2, 0.25) is 8.87 Å². The van der Waals surface area contributed by atoms with Crippen LogP contribution in [0.15, 0.2) is 88.2 Å². The van der Waals surface area contributed by atoms with Gasteiger partial charge in [0.05, 0.1) is 4.90 Å². The topological polar surface area (TPSA) is 47.3 Å². The van der Waals surface area contributed by atoms with Gasteiger partial charge in [-0.05, 0) is 53.6 Å². The standard InChI is InChI=1S/C22H18O3S2/c1-16-9-11-20(12-10-16)27(23,24)26-15-17-5-4-7-18(13-17)22-14-19-6-2-3-8-21(19)25-22/h2-14H,15H2,1H3. The normalized spacial score (nSPS) is 11.7. The van der Waals surface area contributed by atoms with E-state index in [2.05, 4.69) is 0 Å². The third kappa shape index (κ3) is 3.94. The van der Waals surface area contributed by atoms with E-state index in [0.717, 1.165) is 44.2 Å². The molecule has 4 rings (SSSR count). The van der Waals surface area contributed by atoms with Crippen LogP contribution in [0, 0.1) is 6.92 Å². The zero-order valence-corrected chi connectivity index (χ0v) is 16.4. The summed E-state index contributed by atoms with van der Waals surface area (Å²) in [4.78, 5) is 0.339. The number of para-hydroxylation sites is 1. The summed E-state index contributed by atoms with van der Waals surface area (Å²) in [5.41, 5.74) is 3.76. The maximum atomic E-state index is 12.5. The summed E-state index contributed by atoms with van der Waals surface area (Å²) in [5.74, 6) is 1.16. The molecule has 4 aromatic rings. The van der Waals surface area contributed by atoms with Crippen LogP contribution in [0.3, 0.4) is 0 Å². The zero-order chi connectivity index (χ0) is 18.9. The predicted molar refractivity (Wildman–Crippen MR) is 111 cm³/mol. The molecule has 0 radical (unpaired) electrons. The Morgan fingerprint density at radius 1 is 0.889 bits per heavy atom. The first kappa shape index (κ1) is 17.9. The molecule has 0 amide bonds. The van der Waals surface area contributed by atoms with Crippen LogP contribution >= 0.6 is 10.8 Å². The molecule has 1 heterocycles. The van der Waals surface area contributed by atoms with Crippen molar-refractivity contribution in [2.45, 2.75) is 17.6 Å². The number of aryl methyl sites for hydroxylation is 1. The zero-order valence-electron chi connectivity index (χ0n) is 14.8. The van der Waals surface area contributed by atoms with E-state index in [9.17, 15) is 8.42 Å². The smallest absolute Gasteiger partial charge is 0.230 e. The molecule has 0 N–H and O–H groups in total.